The molecule has 0 radical (unpaired) electrons. The first-order chi connectivity index (χ1) is 16.1. The minimum atomic E-state index is -0.138. The van der Waals surface area contributed by atoms with Crippen LogP contribution in [0.3, 0.4) is 0 Å². The summed E-state index contributed by atoms with van der Waals surface area (Å²) in [4.78, 5) is 14.9. The highest BCUT2D eigenvalue weighted by Gasteiger charge is 2.11. The van der Waals surface area contributed by atoms with E-state index in [-0.39, 0.29) is 5.91 Å². The second-order valence-electron chi connectivity index (χ2n) is 7.60. The summed E-state index contributed by atoms with van der Waals surface area (Å²) in [6, 6.07) is 21.1. The summed E-state index contributed by atoms with van der Waals surface area (Å²) >= 11 is 0. The number of carbonyl (C=O) groups is 1. The van der Waals surface area contributed by atoms with E-state index in [4.69, 9.17) is 14.2 Å². The average molecular weight is 449 g/mol. The Morgan fingerprint density at radius 3 is 2.09 bits per heavy atom. The lowest BCUT2D eigenvalue weighted by atomic mass is 10.1. The van der Waals surface area contributed by atoms with Crippen LogP contribution >= 0.6 is 0 Å². The number of hydrogen-bond donors (Lipinski definition) is 1. The standard InChI is InChI=1S/C27H32N2O4/c1-5-29(19-21-9-16-25(33-6-2)26(17-21)32-4)18-20-7-10-22(11-8-20)27(30)28-23-12-14-24(31-3)15-13-23/h7-17H,5-6,18-19H2,1-4H3,(H,28,30). The van der Waals surface area contributed by atoms with E-state index in [1.54, 1.807) is 14.2 Å². The Hall–Kier alpha value is -3.51. The van der Waals surface area contributed by atoms with Crippen LogP contribution in [0, 0.1) is 0 Å². The number of nitrogens with zero attached hydrogens (tertiary/aromatic N) is 1. The molecule has 0 bridgehead atoms. The van der Waals surface area contributed by atoms with Crippen LogP contribution in [0.25, 0.3) is 0 Å². The normalized spacial score (nSPS) is 10.7. The number of anilines is 1. The molecule has 0 heterocycles. The maximum atomic E-state index is 12.6. The van der Waals surface area contributed by atoms with Gasteiger partial charge in [-0.25, -0.2) is 0 Å². The first-order valence-electron chi connectivity index (χ1n) is 11.1. The number of carbonyl (C=O) groups excluding carboxylic acids is 1. The summed E-state index contributed by atoms with van der Waals surface area (Å²) in [5.41, 5.74) is 3.66. The van der Waals surface area contributed by atoms with Gasteiger partial charge in [0.1, 0.15) is 5.75 Å². The summed E-state index contributed by atoms with van der Waals surface area (Å²) in [5.74, 6) is 2.12. The molecule has 0 spiro atoms. The minimum absolute atomic E-state index is 0.138. The predicted octanol–water partition coefficient (Wildman–Crippen LogP) is 5.38. The molecule has 3 rings (SSSR count). The van der Waals surface area contributed by atoms with Gasteiger partial charge in [0, 0.05) is 24.3 Å². The van der Waals surface area contributed by atoms with Crippen molar-refractivity contribution in [2.45, 2.75) is 26.9 Å². The predicted molar refractivity (Wildman–Crippen MR) is 131 cm³/mol. The van der Waals surface area contributed by atoms with Crippen molar-refractivity contribution in [3.05, 3.63) is 83.4 Å². The van der Waals surface area contributed by atoms with Gasteiger partial charge in [-0.05, 0) is 73.1 Å². The van der Waals surface area contributed by atoms with Crippen LogP contribution in [0.4, 0.5) is 5.69 Å². The molecule has 0 saturated carbocycles. The van der Waals surface area contributed by atoms with Gasteiger partial charge in [0.05, 0.1) is 20.8 Å². The van der Waals surface area contributed by atoms with Crippen molar-refractivity contribution in [1.82, 2.24) is 4.90 Å². The van der Waals surface area contributed by atoms with Crippen LogP contribution in [0.2, 0.25) is 0 Å². The third-order valence-corrected chi connectivity index (χ3v) is 5.35. The number of benzene rings is 3. The minimum Gasteiger partial charge on any atom is -0.497 e. The maximum absolute atomic E-state index is 12.6. The highest BCUT2D eigenvalue weighted by atomic mass is 16.5. The molecule has 0 unspecified atom stereocenters. The van der Waals surface area contributed by atoms with E-state index < -0.39 is 0 Å². The third-order valence-electron chi connectivity index (χ3n) is 5.35. The largest absolute Gasteiger partial charge is 0.497 e. The molecule has 6 heteroatoms. The molecule has 3 aromatic rings. The van der Waals surface area contributed by atoms with Crippen LogP contribution < -0.4 is 19.5 Å². The lowest BCUT2D eigenvalue weighted by molar-refractivity contribution is 0.102. The zero-order chi connectivity index (χ0) is 23.6. The third kappa shape index (κ3) is 6.73. The molecule has 3 aromatic carbocycles. The van der Waals surface area contributed by atoms with Crippen molar-refractivity contribution in [2.24, 2.45) is 0 Å². The van der Waals surface area contributed by atoms with Gasteiger partial charge in [-0.1, -0.05) is 25.1 Å². The van der Waals surface area contributed by atoms with Crippen molar-refractivity contribution in [3.8, 4) is 17.2 Å². The fourth-order valence-corrected chi connectivity index (χ4v) is 3.52. The van der Waals surface area contributed by atoms with Crippen molar-refractivity contribution < 1.29 is 19.0 Å². The lowest BCUT2D eigenvalue weighted by Gasteiger charge is -2.21. The summed E-state index contributed by atoms with van der Waals surface area (Å²) in [6.45, 7) is 7.17. The molecule has 0 aliphatic heterocycles. The van der Waals surface area contributed by atoms with Gasteiger partial charge in [-0.15, -0.1) is 0 Å². The first kappa shape index (κ1) is 24.1. The van der Waals surface area contributed by atoms with Crippen molar-refractivity contribution >= 4 is 11.6 Å². The zero-order valence-corrected chi connectivity index (χ0v) is 19.8. The number of nitrogens with one attached hydrogen (secondary N) is 1. The topological polar surface area (TPSA) is 60.0 Å². The Balaban J connectivity index is 1.61. The highest BCUT2D eigenvalue weighted by Crippen LogP contribution is 2.28. The lowest BCUT2D eigenvalue weighted by Crippen LogP contribution is -2.22. The molecule has 0 aliphatic carbocycles. The van der Waals surface area contributed by atoms with E-state index >= 15 is 0 Å². The fraction of sp³-hybridized carbons (Fsp3) is 0.296. The van der Waals surface area contributed by atoms with Crippen molar-refractivity contribution in [3.63, 3.8) is 0 Å². The molecule has 0 aliphatic rings. The SMILES string of the molecule is CCOc1ccc(CN(CC)Cc2ccc(C(=O)Nc3ccc(OC)cc3)cc2)cc1OC. The van der Waals surface area contributed by atoms with Gasteiger partial charge in [-0.3, -0.25) is 9.69 Å². The Morgan fingerprint density at radius 1 is 0.818 bits per heavy atom. The number of methoxy groups -OCH3 is 2. The van der Waals surface area contributed by atoms with E-state index in [0.717, 1.165) is 53.7 Å². The molecule has 6 nitrogen and oxygen atoms in total. The zero-order valence-electron chi connectivity index (χ0n) is 19.8. The maximum Gasteiger partial charge on any atom is 0.255 e. The number of rotatable bonds is 11. The summed E-state index contributed by atoms with van der Waals surface area (Å²) in [6.07, 6.45) is 0. The van der Waals surface area contributed by atoms with Gasteiger partial charge < -0.3 is 19.5 Å². The number of hydrogen-bond acceptors (Lipinski definition) is 5. The highest BCUT2D eigenvalue weighted by molar-refractivity contribution is 6.04. The molecule has 0 fully saturated rings. The summed E-state index contributed by atoms with van der Waals surface area (Å²) in [7, 11) is 3.27. The molecule has 174 valence electrons. The van der Waals surface area contributed by atoms with E-state index in [2.05, 4.69) is 23.2 Å². The Morgan fingerprint density at radius 2 is 1.48 bits per heavy atom. The van der Waals surface area contributed by atoms with Crippen molar-refractivity contribution in [2.75, 3.05) is 32.7 Å². The fourth-order valence-electron chi connectivity index (χ4n) is 3.52. The Labute approximate surface area is 196 Å². The second-order valence-corrected chi connectivity index (χ2v) is 7.60. The van der Waals surface area contributed by atoms with Crippen LogP contribution in [0.1, 0.15) is 35.3 Å². The first-order valence-corrected chi connectivity index (χ1v) is 11.1. The summed E-state index contributed by atoms with van der Waals surface area (Å²) < 4.78 is 16.2. The molecular weight excluding hydrogens is 416 g/mol. The van der Waals surface area contributed by atoms with Crippen LogP contribution in [-0.2, 0) is 13.1 Å². The van der Waals surface area contributed by atoms with E-state index in [1.165, 1.54) is 0 Å². The van der Waals surface area contributed by atoms with Gasteiger partial charge in [-0.2, -0.15) is 0 Å². The van der Waals surface area contributed by atoms with Crippen LogP contribution in [-0.4, -0.2) is 38.2 Å². The molecule has 1 amide bonds. The molecule has 0 saturated heterocycles. The van der Waals surface area contributed by atoms with Gasteiger partial charge in [0.15, 0.2) is 11.5 Å². The van der Waals surface area contributed by atoms with Gasteiger partial charge in [0.2, 0.25) is 0 Å². The second kappa shape index (κ2) is 11.9. The van der Waals surface area contributed by atoms with Gasteiger partial charge in [0.25, 0.3) is 5.91 Å². The number of amides is 1. The Kier molecular flexibility index (Phi) is 8.72. The van der Waals surface area contributed by atoms with Crippen molar-refractivity contribution in [1.29, 1.82) is 0 Å². The van der Waals surface area contributed by atoms with Crippen LogP contribution in [0.5, 0.6) is 17.2 Å². The summed E-state index contributed by atoms with van der Waals surface area (Å²) in [5, 5.41) is 2.91. The molecule has 33 heavy (non-hydrogen) atoms. The van der Waals surface area contributed by atoms with Gasteiger partial charge >= 0.3 is 0 Å². The smallest absolute Gasteiger partial charge is 0.255 e. The average Bonchev–Trinajstić information content (AvgIpc) is 2.85. The monoisotopic (exact) mass is 448 g/mol. The molecule has 0 atom stereocenters. The molecular formula is C27H32N2O4. The number of ether oxygens (including phenoxy) is 3. The van der Waals surface area contributed by atoms with E-state index in [9.17, 15) is 4.79 Å². The molecule has 1 N–H and O–H groups in total. The quantitative estimate of drug-likeness (QED) is 0.427. The van der Waals surface area contributed by atoms with Crippen LogP contribution in [0.15, 0.2) is 66.7 Å². The molecule has 0 aromatic heterocycles. The Bertz CT molecular complexity index is 1030. The van der Waals surface area contributed by atoms with E-state index in [0.29, 0.717) is 12.2 Å². The van der Waals surface area contributed by atoms with E-state index in [1.807, 2.05) is 67.6 Å².